The van der Waals surface area contributed by atoms with Gasteiger partial charge in [-0.25, -0.2) is 14.8 Å². The van der Waals surface area contributed by atoms with E-state index in [0.29, 0.717) is 57.5 Å². The molecule has 4 amide bonds. The van der Waals surface area contributed by atoms with Crippen molar-refractivity contribution in [1.29, 1.82) is 0 Å². The number of benzene rings is 1. The van der Waals surface area contributed by atoms with E-state index in [1.165, 1.54) is 21.7 Å². The minimum absolute atomic E-state index is 0.0147. The molecule has 0 bridgehead atoms. The minimum Gasteiger partial charge on any atom is -0.380 e. The quantitative estimate of drug-likeness (QED) is 0.389. The first kappa shape index (κ1) is 27.1. The molecule has 3 fully saturated rings. The number of anilines is 1. The molecule has 214 valence electrons. The van der Waals surface area contributed by atoms with Gasteiger partial charge in [-0.1, -0.05) is 23.7 Å². The van der Waals surface area contributed by atoms with Crippen LogP contribution in [-0.4, -0.2) is 94.7 Å². The lowest BCUT2D eigenvalue weighted by atomic mass is 9.78. The number of aromatic nitrogens is 3. The van der Waals surface area contributed by atoms with Crippen molar-refractivity contribution >= 4 is 46.4 Å². The van der Waals surface area contributed by atoms with Gasteiger partial charge in [-0.3, -0.25) is 23.9 Å². The zero-order valence-electron chi connectivity index (χ0n) is 22.2. The topological polar surface area (TPSA) is 156 Å². The number of carbonyl (C=O) groups excluding carboxylic acids is 3. The molecule has 1 aromatic carbocycles. The molecule has 41 heavy (non-hydrogen) atoms. The molecule has 0 saturated carbocycles. The molecule has 0 aliphatic carbocycles. The van der Waals surface area contributed by atoms with E-state index in [0.717, 1.165) is 5.56 Å². The highest BCUT2D eigenvalue weighted by atomic mass is 35.5. The predicted molar refractivity (Wildman–Crippen MR) is 150 cm³/mol. The van der Waals surface area contributed by atoms with E-state index in [1.54, 1.807) is 34.1 Å². The van der Waals surface area contributed by atoms with Crippen molar-refractivity contribution in [2.24, 2.45) is 11.1 Å². The fourth-order valence-electron chi connectivity index (χ4n) is 5.36. The number of nitrogens with two attached hydrogens (primary N) is 1. The Balaban J connectivity index is 1.32. The molecule has 2 aromatic heterocycles. The molecule has 3 saturated heterocycles. The summed E-state index contributed by atoms with van der Waals surface area (Å²) in [6.45, 7) is 3.86. The highest BCUT2D eigenvalue weighted by molar-refractivity contribution is 6.30. The summed E-state index contributed by atoms with van der Waals surface area (Å²) in [6, 6.07) is 8.06. The van der Waals surface area contributed by atoms with Crippen LogP contribution in [0.4, 0.5) is 10.6 Å². The van der Waals surface area contributed by atoms with E-state index in [9.17, 15) is 19.2 Å². The summed E-state index contributed by atoms with van der Waals surface area (Å²) in [5, 5.41) is 3.32. The number of fused-ring (bicyclic) bond motifs is 1. The average molecular weight is 581 g/mol. The summed E-state index contributed by atoms with van der Waals surface area (Å²) >= 11 is 5.95. The van der Waals surface area contributed by atoms with Crippen molar-refractivity contribution in [1.82, 2.24) is 29.7 Å². The third-order valence-corrected chi connectivity index (χ3v) is 7.93. The maximum absolute atomic E-state index is 13.6. The van der Waals surface area contributed by atoms with Crippen molar-refractivity contribution in [3.8, 4) is 0 Å². The first-order valence-corrected chi connectivity index (χ1v) is 13.7. The monoisotopic (exact) mass is 580 g/mol. The molecule has 1 spiro atoms. The van der Waals surface area contributed by atoms with Gasteiger partial charge >= 0.3 is 6.03 Å². The van der Waals surface area contributed by atoms with Crippen molar-refractivity contribution in [3.63, 3.8) is 0 Å². The molecule has 5 heterocycles. The normalized spacial score (nSPS) is 17.6. The minimum atomic E-state index is -0.657. The predicted octanol–water partition coefficient (Wildman–Crippen LogP) is 0.434. The lowest BCUT2D eigenvalue weighted by Gasteiger charge is -2.54. The van der Waals surface area contributed by atoms with Gasteiger partial charge in [0.25, 0.3) is 11.5 Å². The van der Waals surface area contributed by atoms with Crippen LogP contribution in [0.1, 0.15) is 15.9 Å². The molecule has 0 radical (unpaired) electrons. The SMILES string of the molecule is NCCN1CCN(c2cnc3c(cc(C(=O)NCc4ccc(Cl)cc4)c(=O)n3CC(=O)N3CC4(COC4)C3)n2)C1=O. The number of hydrogen-bond acceptors (Lipinski definition) is 8. The second-order valence-electron chi connectivity index (χ2n) is 10.6. The van der Waals surface area contributed by atoms with E-state index < -0.39 is 11.5 Å². The highest BCUT2D eigenvalue weighted by Gasteiger charge is 2.50. The molecular formula is C27H29ClN8O5. The van der Waals surface area contributed by atoms with Gasteiger partial charge in [0, 0.05) is 50.8 Å². The van der Waals surface area contributed by atoms with Crippen molar-refractivity contribution < 1.29 is 19.1 Å². The Bertz CT molecular complexity index is 1580. The number of pyridine rings is 1. The molecule has 3 aromatic rings. The number of urea groups is 1. The molecule has 0 unspecified atom stereocenters. The van der Waals surface area contributed by atoms with Gasteiger partial charge in [-0.05, 0) is 23.8 Å². The smallest absolute Gasteiger partial charge is 0.325 e. The van der Waals surface area contributed by atoms with Gasteiger partial charge in [-0.2, -0.15) is 0 Å². The van der Waals surface area contributed by atoms with Crippen LogP contribution in [0.5, 0.6) is 0 Å². The van der Waals surface area contributed by atoms with Crippen LogP contribution in [0.15, 0.2) is 41.3 Å². The Kier molecular flexibility index (Phi) is 7.09. The van der Waals surface area contributed by atoms with E-state index >= 15 is 0 Å². The first-order chi connectivity index (χ1) is 19.8. The third-order valence-electron chi connectivity index (χ3n) is 7.68. The fraction of sp³-hybridized carbons (Fsp3) is 0.407. The highest BCUT2D eigenvalue weighted by Crippen LogP contribution is 2.37. The van der Waals surface area contributed by atoms with Crippen molar-refractivity contribution in [2.45, 2.75) is 13.1 Å². The standard InChI is InChI=1S/C27H29ClN8O5/c28-18-3-1-17(2-4-18)10-31-24(38)19-9-20-23(30-11-21(32-20)35-8-7-33(6-5-29)26(35)40)36(25(19)39)12-22(37)34-13-27(14-34)15-41-16-27/h1-4,9,11H,5-8,10,12-16,29H2,(H,31,38). The molecule has 14 heteroatoms. The van der Waals surface area contributed by atoms with Gasteiger partial charge in [0.05, 0.1) is 24.8 Å². The number of carbonyl (C=O) groups is 3. The first-order valence-electron chi connectivity index (χ1n) is 13.3. The molecule has 3 N–H and O–H groups in total. The molecule has 6 rings (SSSR count). The molecule has 13 nitrogen and oxygen atoms in total. The largest absolute Gasteiger partial charge is 0.380 e. The van der Waals surface area contributed by atoms with E-state index in [-0.39, 0.29) is 53.0 Å². The van der Waals surface area contributed by atoms with Crippen molar-refractivity contribution in [3.05, 3.63) is 63.0 Å². The number of halogens is 1. The van der Waals surface area contributed by atoms with Gasteiger partial charge in [-0.15, -0.1) is 0 Å². The Hall–Kier alpha value is -4.07. The van der Waals surface area contributed by atoms with E-state index in [2.05, 4.69) is 15.3 Å². The van der Waals surface area contributed by atoms with Gasteiger partial charge in [0.1, 0.15) is 17.6 Å². The molecule has 3 aliphatic heterocycles. The van der Waals surface area contributed by atoms with E-state index in [4.69, 9.17) is 22.1 Å². The average Bonchev–Trinajstić information content (AvgIpc) is 3.27. The second kappa shape index (κ2) is 10.7. The van der Waals surface area contributed by atoms with Gasteiger partial charge in [0.2, 0.25) is 5.91 Å². The lowest BCUT2D eigenvalue weighted by molar-refractivity contribution is -0.195. The zero-order chi connectivity index (χ0) is 28.7. The Morgan fingerprint density at radius 2 is 1.88 bits per heavy atom. The number of ether oxygens (including phenoxy) is 1. The number of rotatable bonds is 8. The Morgan fingerprint density at radius 1 is 1.12 bits per heavy atom. The lowest BCUT2D eigenvalue weighted by Crippen LogP contribution is -2.67. The molecule has 0 atom stereocenters. The summed E-state index contributed by atoms with van der Waals surface area (Å²) in [7, 11) is 0. The number of nitrogens with one attached hydrogen (secondary N) is 1. The summed E-state index contributed by atoms with van der Waals surface area (Å²) in [6.07, 6.45) is 1.40. The van der Waals surface area contributed by atoms with E-state index in [1.807, 2.05) is 0 Å². The number of hydrogen-bond donors (Lipinski definition) is 2. The number of amides is 4. The van der Waals surface area contributed by atoms with Crippen LogP contribution in [0, 0.1) is 5.41 Å². The summed E-state index contributed by atoms with van der Waals surface area (Å²) in [4.78, 5) is 66.6. The molecule has 3 aliphatic rings. The summed E-state index contributed by atoms with van der Waals surface area (Å²) < 4.78 is 6.47. The van der Waals surface area contributed by atoms with Crippen LogP contribution in [-0.2, 0) is 22.6 Å². The van der Waals surface area contributed by atoms with Gasteiger partial charge in [0.15, 0.2) is 11.5 Å². The second-order valence-corrected chi connectivity index (χ2v) is 11.1. The Labute approximate surface area is 239 Å². The Morgan fingerprint density at radius 3 is 2.56 bits per heavy atom. The van der Waals surface area contributed by atoms with Crippen LogP contribution in [0.25, 0.3) is 11.2 Å². The van der Waals surface area contributed by atoms with Crippen LogP contribution in [0.3, 0.4) is 0 Å². The maximum Gasteiger partial charge on any atom is 0.325 e. The summed E-state index contributed by atoms with van der Waals surface area (Å²) in [5.41, 5.74) is 5.95. The maximum atomic E-state index is 13.6. The summed E-state index contributed by atoms with van der Waals surface area (Å²) in [5.74, 6) is -0.607. The van der Waals surface area contributed by atoms with Crippen molar-refractivity contribution in [2.75, 3.05) is 57.4 Å². The van der Waals surface area contributed by atoms with Crippen LogP contribution in [0.2, 0.25) is 5.02 Å². The third kappa shape index (κ3) is 5.11. The zero-order valence-corrected chi connectivity index (χ0v) is 23.0. The number of likely N-dealkylation sites (tertiary alicyclic amines) is 1. The van der Waals surface area contributed by atoms with Crippen LogP contribution >= 0.6 is 11.6 Å². The molecular weight excluding hydrogens is 552 g/mol. The van der Waals surface area contributed by atoms with Crippen LogP contribution < -0.4 is 21.5 Å². The van der Waals surface area contributed by atoms with Gasteiger partial charge < -0.3 is 25.6 Å². The number of nitrogens with zero attached hydrogens (tertiary/aromatic N) is 6. The fourth-order valence-corrected chi connectivity index (χ4v) is 5.48.